The third-order valence-electron chi connectivity index (χ3n) is 6.01. The van der Waals surface area contributed by atoms with E-state index in [0.717, 1.165) is 43.6 Å². The molecule has 2 unspecified atom stereocenters. The highest BCUT2D eigenvalue weighted by atomic mass is 16.5. The average Bonchev–Trinajstić information content (AvgIpc) is 3.36. The van der Waals surface area contributed by atoms with Gasteiger partial charge < -0.3 is 20.1 Å². The highest BCUT2D eigenvalue weighted by Crippen LogP contribution is 2.27. The Labute approximate surface area is 186 Å². The van der Waals surface area contributed by atoms with E-state index in [9.17, 15) is 0 Å². The monoisotopic (exact) mass is 424 g/mol. The van der Waals surface area contributed by atoms with E-state index in [2.05, 4.69) is 51.7 Å². The molecule has 2 N–H and O–H groups in total. The molecule has 0 radical (unpaired) electrons. The summed E-state index contributed by atoms with van der Waals surface area (Å²) in [7, 11) is 5.24. The van der Waals surface area contributed by atoms with Crippen LogP contribution in [0.15, 0.2) is 53.5 Å². The summed E-state index contributed by atoms with van der Waals surface area (Å²) in [4.78, 5) is 7.00. The van der Waals surface area contributed by atoms with Crippen molar-refractivity contribution in [2.75, 3.05) is 47.4 Å². The van der Waals surface area contributed by atoms with Gasteiger partial charge in [-0.1, -0.05) is 37.3 Å². The van der Waals surface area contributed by atoms with Gasteiger partial charge in [-0.3, -0.25) is 9.89 Å². The summed E-state index contributed by atoms with van der Waals surface area (Å²) in [5, 5.41) is 7.02. The number of aliphatic imine (C=N–C) groups is 1. The minimum atomic E-state index is 0.297. The quantitative estimate of drug-likeness (QED) is 0.474. The first-order valence-electron chi connectivity index (χ1n) is 11.1. The molecule has 1 aliphatic rings. The summed E-state index contributed by atoms with van der Waals surface area (Å²) in [6.07, 6.45) is 2.52. The predicted molar refractivity (Wildman–Crippen MR) is 127 cm³/mol. The van der Waals surface area contributed by atoms with Crippen LogP contribution in [0.3, 0.4) is 0 Å². The van der Waals surface area contributed by atoms with Gasteiger partial charge in [-0.25, -0.2) is 0 Å². The van der Waals surface area contributed by atoms with Crippen LogP contribution in [0, 0.1) is 0 Å². The van der Waals surface area contributed by atoms with Crippen LogP contribution in [0.5, 0.6) is 11.5 Å². The van der Waals surface area contributed by atoms with Crippen molar-refractivity contribution in [3.8, 4) is 11.5 Å². The van der Waals surface area contributed by atoms with Gasteiger partial charge in [-0.15, -0.1) is 0 Å². The van der Waals surface area contributed by atoms with Gasteiger partial charge in [0, 0.05) is 26.1 Å². The Morgan fingerprint density at radius 1 is 0.968 bits per heavy atom. The van der Waals surface area contributed by atoms with Crippen LogP contribution in [0.2, 0.25) is 0 Å². The van der Waals surface area contributed by atoms with Gasteiger partial charge in [0.15, 0.2) is 5.96 Å². The van der Waals surface area contributed by atoms with Crippen LogP contribution >= 0.6 is 0 Å². The van der Waals surface area contributed by atoms with Crippen molar-refractivity contribution in [2.24, 2.45) is 4.99 Å². The smallest absolute Gasteiger partial charge is 0.191 e. The molecule has 2 atom stereocenters. The molecule has 1 fully saturated rings. The van der Waals surface area contributed by atoms with Gasteiger partial charge in [0.25, 0.3) is 0 Å². The first-order valence-corrected chi connectivity index (χ1v) is 11.1. The Bertz CT molecular complexity index is 832. The Kier molecular flexibility index (Phi) is 8.59. The zero-order valence-corrected chi connectivity index (χ0v) is 19.2. The summed E-state index contributed by atoms with van der Waals surface area (Å²) in [5.74, 6) is 2.93. The molecule has 1 saturated heterocycles. The molecule has 2 aromatic rings. The second-order valence-electron chi connectivity index (χ2n) is 8.01. The molecule has 0 bridgehead atoms. The number of ether oxygens (including phenoxy) is 2. The molecule has 0 spiro atoms. The Balaban J connectivity index is 1.61. The minimum Gasteiger partial charge on any atom is -0.497 e. The van der Waals surface area contributed by atoms with E-state index in [1.165, 1.54) is 24.0 Å². The third-order valence-corrected chi connectivity index (χ3v) is 6.01. The lowest BCUT2D eigenvalue weighted by Crippen LogP contribution is -2.43. The molecular weight excluding hydrogens is 388 g/mol. The van der Waals surface area contributed by atoms with Gasteiger partial charge in [0.1, 0.15) is 11.5 Å². The second kappa shape index (κ2) is 11.6. The summed E-state index contributed by atoms with van der Waals surface area (Å²) >= 11 is 0. The van der Waals surface area contributed by atoms with Crippen LogP contribution in [0.25, 0.3) is 0 Å². The third kappa shape index (κ3) is 6.14. The van der Waals surface area contributed by atoms with Crippen molar-refractivity contribution >= 4 is 5.96 Å². The van der Waals surface area contributed by atoms with Gasteiger partial charge in [0.05, 0.1) is 20.3 Å². The fraction of sp³-hybridized carbons (Fsp3) is 0.480. The fourth-order valence-corrected chi connectivity index (χ4v) is 4.18. The molecule has 3 rings (SSSR count). The largest absolute Gasteiger partial charge is 0.497 e. The molecule has 0 saturated carbocycles. The second-order valence-corrected chi connectivity index (χ2v) is 8.01. The van der Waals surface area contributed by atoms with Crippen molar-refractivity contribution < 1.29 is 9.47 Å². The summed E-state index contributed by atoms with van der Waals surface area (Å²) < 4.78 is 10.8. The van der Waals surface area contributed by atoms with E-state index >= 15 is 0 Å². The van der Waals surface area contributed by atoms with Gasteiger partial charge in [-0.2, -0.15) is 0 Å². The van der Waals surface area contributed by atoms with Crippen molar-refractivity contribution in [1.82, 2.24) is 15.5 Å². The number of guanidine groups is 1. The lowest BCUT2D eigenvalue weighted by molar-refractivity contribution is 0.245. The lowest BCUT2D eigenvalue weighted by atomic mass is 10.0. The number of benzene rings is 2. The number of nitrogens with one attached hydrogen (secondary N) is 2. The number of rotatable bonds is 9. The lowest BCUT2D eigenvalue weighted by Gasteiger charge is -2.29. The van der Waals surface area contributed by atoms with E-state index in [-0.39, 0.29) is 0 Å². The normalized spacial score (nSPS) is 16.6. The molecule has 6 nitrogen and oxygen atoms in total. The molecule has 0 aromatic heterocycles. The predicted octanol–water partition coefficient (Wildman–Crippen LogP) is 3.81. The minimum absolute atomic E-state index is 0.297. The van der Waals surface area contributed by atoms with E-state index in [4.69, 9.17) is 9.47 Å². The van der Waals surface area contributed by atoms with E-state index in [1.54, 1.807) is 14.2 Å². The Morgan fingerprint density at radius 3 is 2.29 bits per heavy atom. The fourth-order valence-electron chi connectivity index (χ4n) is 4.18. The first-order chi connectivity index (χ1) is 15.2. The van der Waals surface area contributed by atoms with Crippen molar-refractivity contribution in [2.45, 2.75) is 31.7 Å². The van der Waals surface area contributed by atoms with E-state index < -0.39 is 0 Å². The summed E-state index contributed by atoms with van der Waals surface area (Å²) in [6.45, 7) is 6.04. The van der Waals surface area contributed by atoms with Crippen LogP contribution in [0.4, 0.5) is 0 Å². The maximum Gasteiger partial charge on any atom is 0.191 e. The van der Waals surface area contributed by atoms with E-state index in [0.29, 0.717) is 12.0 Å². The number of nitrogens with zero attached hydrogens (tertiary/aromatic N) is 2. The summed E-state index contributed by atoms with van der Waals surface area (Å²) in [6, 6.07) is 16.9. The molecule has 0 amide bonds. The molecular formula is C25H36N4O2. The molecule has 31 heavy (non-hydrogen) atoms. The number of methoxy groups -OCH3 is 2. The van der Waals surface area contributed by atoms with Crippen LogP contribution in [-0.4, -0.2) is 58.3 Å². The van der Waals surface area contributed by atoms with Gasteiger partial charge in [0.2, 0.25) is 0 Å². The molecule has 0 aliphatic carbocycles. The topological polar surface area (TPSA) is 58.1 Å². The van der Waals surface area contributed by atoms with E-state index in [1.807, 2.05) is 31.3 Å². The molecule has 168 valence electrons. The SMILES string of the molecule is CN=C(NCC(C)c1ccccc1OC)NCC(c1ccc(OC)cc1)N1CCCC1. The standard InChI is InChI=1S/C25H36N4O2/c1-19(22-9-5-6-10-24(22)31-4)17-27-25(26-2)28-18-23(29-15-7-8-16-29)20-11-13-21(30-3)14-12-20/h5-6,9-14,19,23H,7-8,15-18H2,1-4H3,(H2,26,27,28). The molecule has 6 heteroatoms. The number of para-hydroxylation sites is 1. The molecule has 1 aliphatic heterocycles. The maximum absolute atomic E-state index is 5.51. The van der Waals surface area contributed by atoms with Crippen LogP contribution in [-0.2, 0) is 0 Å². The van der Waals surface area contributed by atoms with Crippen LogP contribution in [0.1, 0.15) is 42.9 Å². The number of likely N-dealkylation sites (tertiary alicyclic amines) is 1. The van der Waals surface area contributed by atoms with Gasteiger partial charge >= 0.3 is 0 Å². The van der Waals surface area contributed by atoms with Gasteiger partial charge in [-0.05, 0) is 55.3 Å². The summed E-state index contributed by atoms with van der Waals surface area (Å²) in [5.41, 5.74) is 2.49. The molecule has 1 heterocycles. The maximum atomic E-state index is 5.51. The van der Waals surface area contributed by atoms with Crippen molar-refractivity contribution in [1.29, 1.82) is 0 Å². The Hall–Kier alpha value is -2.73. The Morgan fingerprint density at radius 2 is 1.65 bits per heavy atom. The van der Waals surface area contributed by atoms with Crippen molar-refractivity contribution in [3.63, 3.8) is 0 Å². The highest BCUT2D eigenvalue weighted by Gasteiger charge is 2.24. The number of hydrogen-bond acceptors (Lipinski definition) is 4. The number of hydrogen-bond donors (Lipinski definition) is 2. The first kappa shape index (κ1) is 22.9. The molecule has 2 aromatic carbocycles. The zero-order valence-electron chi connectivity index (χ0n) is 19.2. The van der Waals surface area contributed by atoms with Crippen molar-refractivity contribution in [3.05, 3.63) is 59.7 Å². The highest BCUT2D eigenvalue weighted by molar-refractivity contribution is 5.79. The average molecular weight is 425 g/mol. The zero-order chi connectivity index (χ0) is 22.1. The van der Waals surface area contributed by atoms with Crippen LogP contribution < -0.4 is 20.1 Å².